The molecule has 0 aromatic heterocycles. The number of rotatable bonds is 7. The summed E-state index contributed by atoms with van der Waals surface area (Å²) in [7, 11) is -1.19. The second kappa shape index (κ2) is 9.34. The Bertz CT molecular complexity index is 959. The highest BCUT2D eigenvalue weighted by molar-refractivity contribution is 8.00. The Hall–Kier alpha value is -2.13. The predicted molar refractivity (Wildman–Crippen MR) is 117 cm³/mol. The number of aromatic carboxylic acids is 1. The van der Waals surface area contributed by atoms with Gasteiger partial charge in [-0.25, -0.2) is 13.6 Å². The molecule has 2 N–H and O–H groups in total. The number of aryl methyl sites for hydroxylation is 1. The summed E-state index contributed by atoms with van der Waals surface area (Å²) in [5.41, 5.74) is 2.62. The maximum Gasteiger partial charge on any atom is 0.335 e. The van der Waals surface area contributed by atoms with Crippen molar-refractivity contribution in [2.75, 3.05) is 29.0 Å². The Labute approximate surface area is 181 Å². The second-order valence-electron chi connectivity index (χ2n) is 7.16. The average molecular weight is 455 g/mol. The number of nitrogens with one attached hydrogen (secondary N) is 1. The lowest BCUT2D eigenvalue weighted by Crippen LogP contribution is -2.39. The van der Waals surface area contributed by atoms with Crippen molar-refractivity contribution in [2.45, 2.75) is 41.9 Å². The molecule has 162 valence electrons. The highest BCUT2D eigenvalue weighted by atomic mass is 32.2. The molecule has 0 spiro atoms. The van der Waals surface area contributed by atoms with E-state index in [0.717, 1.165) is 22.6 Å². The molecular formula is C21H24F2N2O3S2. The number of hydrogen-bond acceptors (Lipinski definition) is 5. The summed E-state index contributed by atoms with van der Waals surface area (Å²) in [5.74, 6) is -3.64. The Kier molecular flexibility index (Phi) is 7.02. The zero-order chi connectivity index (χ0) is 21.9. The minimum Gasteiger partial charge on any atom is -0.478 e. The van der Waals surface area contributed by atoms with Gasteiger partial charge in [0.2, 0.25) is 0 Å². The molecule has 2 aromatic carbocycles. The number of carboxylic acids is 1. The molecule has 5 nitrogen and oxygen atoms in total. The number of carbonyl (C=O) groups is 1. The second-order valence-corrected chi connectivity index (χ2v) is 9.39. The molecule has 1 fully saturated rings. The lowest BCUT2D eigenvalue weighted by atomic mass is 10.1. The van der Waals surface area contributed by atoms with Crippen molar-refractivity contribution in [3.05, 3.63) is 47.5 Å². The number of benzene rings is 2. The van der Waals surface area contributed by atoms with E-state index >= 15 is 0 Å². The zero-order valence-electron chi connectivity index (χ0n) is 16.8. The maximum atomic E-state index is 13.6. The normalized spacial score (nSPS) is 16.9. The first kappa shape index (κ1) is 22.6. The molecule has 1 heterocycles. The molecule has 0 saturated carbocycles. The molecule has 1 saturated heterocycles. The van der Waals surface area contributed by atoms with E-state index in [0.29, 0.717) is 10.6 Å². The molecule has 0 aliphatic carbocycles. The van der Waals surface area contributed by atoms with Crippen LogP contribution < -0.4 is 9.62 Å². The molecule has 0 bridgehead atoms. The smallest absolute Gasteiger partial charge is 0.335 e. The minimum absolute atomic E-state index is 0.193. The van der Waals surface area contributed by atoms with Crippen molar-refractivity contribution in [2.24, 2.45) is 0 Å². The van der Waals surface area contributed by atoms with Crippen LogP contribution in [0.25, 0.3) is 0 Å². The third-order valence-corrected chi connectivity index (χ3v) is 6.94. The quantitative estimate of drug-likeness (QED) is 0.572. The number of hydrogen-bond donors (Lipinski definition) is 2. The van der Waals surface area contributed by atoms with E-state index in [9.17, 15) is 22.9 Å². The summed E-state index contributed by atoms with van der Waals surface area (Å²) in [6.45, 7) is 2.45. The summed E-state index contributed by atoms with van der Waals surface area (Å²) in [5, 5.41) is 9.28. The van der Waals surface area contributed by atoms with Crippen LogP contribution in [-0.4, -0.2) is 40.6 Å². The predicted octanol–water partition coefficient (Wildman–Crippen LogP) is 5.04. The fourth-order valence-corrected chi connectivity index (χ4v) is 4.77. The van der Waals surface area contributed by atoms with Crippen molar-refractivity contribution < 1.29 is 22.9 Å². The largest absolute Gasteiger partial charge is 0.478 e. The van der Waals surface area contributed by atoms with E-state index < -0.39 is 22.7 Å². The number of alkyl halides is 2. The van der Waals surface area contributed by atoms with Gasteiger partial charge in [0.05, 0.1) is 16.9 Å². The first-order valence-corrected chi connectivity index (χ1v) is 12.0. The molecule has 9 heteroatoms. The van der Waals surface area contributed by atoms with Gasteiger partial charge in [-0.2, -0.15) is 0 Å². The fraction of sp³-hybridized carbons (Fsp3) is 0.381. The van der Waals surface area contributed by atoms with Crippen LogP contribution in [0.3, 0.4) is 0 Å². The molecule has 30 heavy (non-hydrogen) atoms. The molecule has 1 unspecified atom stereocenters. The van der Waals surface area contributed by atoms with E-state index in [1.54, 1.807) is 42.7 Å². The summed E-state index contributed by atoms with van der Waals surface area (Å²) in [4.78, 5) is 14.6. The summed E-state index contributed by atoms with van der Waals surface area (Å²) in [6.07, 6.45) is 1.90. The van der Waals surface area contributed by atoms with Crippen molar-refractivity contribution in [1.29, 1.82) is 0 Å². The van der Waals surface area contributed by atoms with Crippen LogP contribution >= 0.6 is 11.9 Å². The van der Waals surface area contributed by atoms with E-state index in [-0.39, 0.29) is 31.5 Å². The van der Waals surface area contributed by atoms with Crippen molar-refractivity contribution in [3.63, 3.8) is 0 Å². The highest BCUT2D eigenvalue weighted by Crippen LogP contribution is 2.37. The van der Waals surface area contributed by atoms with Crippen LogP contribution in [0.15, 0.2) is 46.2 Å². The third kappa shape index (κ3) is 5.31. The Morgan fingerprint density at radius 1 is 1.23 bits per heavy atom. The van der Waals surface area contributed by atoms with Gasteiger partial charge in [-0.05, 0) is 54.3 Å². The fourth-order valence-electron chi connectivity index (χ4n) is 3.31. The van der Waals surface area contributed by atoms with Crippen LogP contribution in [-0.2, 0) is 17.2 Å². The van der Waals surface area contributed by atoms with Crippen LogP contribution in [0.5, 0.6) is 0 Å². The monoisotopic (exact) mass is 454 g/mol. The van der Waals surface area contributed by atoms with Gasteiger partial charge < -0.3 is 14.7 Å². The molecular weight excluding hydrogens is 430 g/mol. The van der Waals surface area contributed by atoms with Crippen molar-refractivity contribution >= 4 is 40.1 Å². The molecule has 1 aliphatic heterocycles. The number of piperidine rings is 1. The van der Waals surface area contributed by atoms with Gasteiger partial charge in [-0.15, -0.1) is 0 Å². The molecule has 3 rings (SSSR count). The van der Waals surface area contributed by atoms with E-state index in [4.69, 9.17) is 0 Å². The first-order valence-electron chi connectivity index (χ1n) is 9.59. The van der Waals surface area contributed by atoms with Gasteiger partial charge in [0.1, 0.15) is 0 Å². The molecule has 0 radical (unpaired) electrons. The molecule has 1 aliphatic rings. The first-order chi connectivity index (χ1) is 14.2. The zero-order valence-corrected chi connectivity index (χ0v) is 18.4. The van der Waals surface area contributed by atoms with Crippen molar-refractivity contribution in [3.8, 4) is 0 Å². The average Bonchev–Trinajstić information content (AvgIpc) is 2.71. The number of carboxylic acid groups (broad SMARTS) is 1. The van der Waals surface area contributed by atoms with Gasteiger partial charge in [0, 0.05) is 52.8 Å². The highest BCUT2D eigenvalue weighted by Gasteiger charge is 2.34. The number of anilines is 2. The minimum atomic E-state index is -2.64. The molecule has 0 amide bonds. The number of nitrogens with zero attached hydrogens (tertiary/aromatic N) is 1. The van der Waals surface area contributed by atoms with Crippen LogP contribution in [0, 0.1) is 0 Å². The maximum absolute atomic E-state index is 13.6. The van der Waals surface area contributed by atoms with Crippen LogP contribution in [0.2, 0.25) is 0 Å². The van der Waals surface area contributed by atoms with Gasteiger partial charge in [0.25, 0.3) is 5.92 Å². The third-order valence-electron chi connectivity index (χ3n) is 5.10. The lowest BCUT2D eigenvalue weighted by Gasteiger charge is -2.34. The Balaban J connectivity index is 1.89. The van der Waals surface area contributed by atoms with Gasteiger partial charge in [-0.1, -0.05) is 13.0 Å². The van der Waals surface area contributed by atoms with Gasteiger partial charge >= 0.3 is 5.97 Å². The van der Waals surface area contributed by atoms with E-state index in [2.05, 4.69) is 4.72 Å². The molecule has 2 aromatic rings. The topological polar surface area (TPSA) is 69.6 Å². The van der Waals surface area contributed by atoms with Crippen LogP contribution in [0.4, 0.5) is 20.2 Å². The van der Waals surface area contributed by atoms with Crippen LogP contribution in [0.1, 0.15) is 35.7 Å². The SMILES string of the molecule is CCc1ccc(C(=O)O)cc1SNc1cc(S(C)=O)ccc1N1CCC(F)(F)CC1. The lowest BCUT2D eigenvalue weighted by molar-refractivity contribution is -0.0220. The summed E-state index contributed by atoms with van der Waals surface area (Å²) < 4.78 is 42.4. The summed E-state index contributed by atoms with van der Waals surface area (Å²) in [6, 6.07) is 10.3. The Morgan fingerprint density at radius 2 is 1.93 bits per heavy atom. The standard InChI is InChI=1S/C21H24F2N2O3S2/c1-3-14-4-5-15(20(26)27)12-19(14)29-24-17-13-16(30(2)28)6-7-18(17)25-10-8-21(22,23)9-11-25/h4-7,12-13,24H,3,8-11H2,1-2H3,(H,26,27). The van der Waals surface area contributed by atoms with Crippen molar-refractivity contribution in [1.82, 2.24) is 0 Å². The van der Waals surface area contributed by atoms with Gasteiger partial charge in [-0.3, -0.25) is 4.21 Å². The van der Waals surface area contributed by atoms with E-state index in [1.807, 2.05) is 11.8 Å². The number of halogens is 2. The summed E-state index contributed by atoms with van der Waals surface area (Å²) >= 11 is 1.27. The van der Waals surface area contributed by atoms with E-state index in [1.165, 1.54) is 11.9 Å². The Morgan fingerprint density at radius 3 is 2.53 bits per heavy atom. The van der Waals surface area contributed by atoms with Gasteiger partial charge in [0.15, 0.2) is 0 Å². The molecule has 1 atom stereocenters.